The summed E-state index contributed by atoms with van der Waals surface area (Å²) in [7, 11) is -1.36. The predicted octanol–water partition coefficient (Wildman–Crippen LogP) is 3.53. The van der Waals surface area contributed by atoms with Crippen molar-refractivity contribution in [1.82, 2.24) is 0 Å². The molecular weight excluding hydrogens is 200 g/mol. The third-order valence-electron chi connectivity index (χ3n) is 3.66. The van der Waals surface area contributed by atoms with Crippen molar-refractivity contribution in [1.29, 1.82) is 0 Å². The lowest BCUT2D eigenvalue weighted by molar-refractivity contribution is 0.0138. The van der Waals surface area contributed by atoms with E-state index >= 15 is 0 Å². The van der Waals surface area contributed by atoms with Gasteiger partial charge < -0.3 is 5.11 Å². The summed E-state index contributed by atoms with van der Waals surface area (Å²) in [6, 6.07) is 0. The SMILES string of the molecule is C=C[C@]1(O)CCCC[C@@H]1C(=C)[Si](C)(C)C. The van der Waals surface area contributed by atoms with E-state index in [1.807, 2.05) is 0 Å². The zero-order valence-corrected chi connectivity index (χ0v) is 11.3. The van der Waals surface area contributed by atoms with Crippen molar-refractivity contribution in [3.05, 3.63) is 24.4 Å². The van der Waals surface area contributed by atoms with Gasteiger partial charge in [-0.05, 0) is 12.8 Å². The van der Waals surface area contributed by atoms with Gasteiger partial charge in [-0.1, -0.05) is 43.8 Å². The van der Waals surface area contributed by atoms with Gasteiger partial charge in [-0.2, -0.15) is 0 Å². The van der Waals surface area contributed by atoms with E-state index in [0.717, 1.165) is 19.3 Å². The molecule has 2 atom stereocenters. The van der Waals surface area contributed by atoms with Crippen LogP contribution in [0.5, 0.6) is 0 Å². The Balaban J connectivity index is 2.91. The van der Waals surface area contributed by atoms with Gasteiger partial charge in [0, 0.05) is 5.92 Å². The third-order valence-corrected chi connectivity index (χ3v) is 5.94. The van der Waals surface area contributed by atoms with Crippen LogP contribution in [0.1, 0.15) is 25.7 Å². The summed E-state index contributed by atoms with van der Waals surface area (Å²) in [4.78, 5) is 0. The van der Waals surface area contributed by atoms with Crippen molar-refractivity contribution in [2.24, 2.45) is 5.92 Å². The van der Waals surface area contributed by atoms with Gasteiger partial charge in [-0.25, -0.2) is 0 Å². The molecule has 1 aliphatic rings. The molecular formula is C13H24OSi. The molecule has 1 rings (SSSR count). The summed E-state index contributed by atoms with van der Waals surface area (Å²) in [6.45, 7) is 14.9. The molecule has 1 fully saturated rings. The van der Waals surface area contributed by atoms with Crippen LogP contribution in [0.4, 0.5) is 0 Å². The zero-order chi connectivity index (χ0) is 11.7. The van der Waals surface area contributed by atoms with Crippen molar-refractivity contribution in [2.45, 2.75) is 50.9 Å². The zero-order valence-electron chi connectivity index (χ0n) is 10.3. The molecule has 0 aliphatic heterocycles. The van der Waals surface area contributed by atoms with Gasteiger partial charge in [0.2, 0.25) is 0 Å². The predicted molar refractivity (Wildman–Crippen MR) is 69.6 cm³/mol. The highest BCUT2D eigenvalue weighted by Gasteiger charge is 2.40. The van der Waals surface area contributed by atoms with Crippen LogP contribution in [0.25, 0.3) is 0 Å². The normalized spacial score (nSPS) is 32.4. The van der Waals surface area contributed by atoms with Crippen molar-refractivity contribution >= 4 is 8.07 Å². The second-order valence-electron chi connectivity index (χ2n) is 5.77. The number of rotatable bonds is 3. The molecule has 0 bridgehead atoms. The molecule has 0 radical (unpaired) electrons. The second kappa shape index (κ2) is 4.26. The minimum absolute atomic E-state index is 0.246. The van der Waals surface area contributed by atoms with Crippen LogP contribution in [0.3, 0.4) is 0 Å². The molecule has 1 aliphatic carbocycles. The highest BCUT2D eigenvalue weighted by atomic mass is 28.3. The van der Waals surface area contributed by atoms with Crippen molar-refractivity contribution in [3.8, 4) is 0 Å². The maximum Gasteiger partial charge on any atom is 0.0886 e. The maximum absolute atomic E-state index is 10.5. The van der Waals surface area contributed by atoms with Crippen LogP contribution in [-0.4, -0.2) is 18.8 Å². The molecule has 1 nitrogen and oxygen atoms in total. The van der Waals surface area contributed by atoms with Crippen LogP contribution >= 0.6 is 0 Å². The Morgan fingerprint density at radius 2 is 2.00 bits per heavy atom. The lowest BCUT2D eigenvalue weighted by Crippen LogP contribution is -2.44. The average Bonchev–Trinajstić information content (AvgIpc) is 2.16. The van der Waals surface area contributed by atoms with E-state index < -0.39 is 13.7 Å². The van der Waals surface area contributed by atoms with E-state index in [2.05, 4.69) is 32.8 Å². The smallest absolute Gasteiger partial charge is 0.0886 e. The Morgan fingerprint density at radius 3 is 2.47 bits per heavy atom. The number of aliphatic hydroxyl groups is 1. The minimum Gasteiger partial charge on any atom is -0.385 e. The lowest BCUT2D eigenvalue weighted by atomic mass is 9.75. The van der Waals surface area contributed by atoms with E-state index in [4.69, 9.17) is 0 Å². The van der Waals surface area contributed by atoms with Gasteiger partial charge in [-0.3, -0.25) is 0 Å². The van der Waals surface area contributed by atoms with Crippen molar-refractivity contribution < 1.29 is 5.11 Å². The molecule has 1 N–H and O–H groups in total. The highest BCUT2D eigenvalue weighted by Crippen LogP contribution is 2.41. The molecule has 0 aromatic rings. The fraction of sp³-hybridized carbons (Fsp3) is 0.692. The summed E-state index contributed by atoms with van der Waals surface area (Å²) in [5, 5.41) is 11.8. The van der Waals surface area contributed by atoms with E-state index in [9.17, 15) is 5.11 Å². The average molecular weight is 224 g/mol. The van der Waals surface area contributed by atoms with Gasteiger partial charge in [0.25, 0.3) is 0 Å². The summed E-state index contributed by atoms with van der Waals surface area (Å²) >= 11 is 0. The molecule has 0 unspecified atom stereocenters. The van der Waals surface area contributed by atoms with Crippen LogP contribution in [0.15, 0.2) is 24.4 Å². The Hall–Kier alpha value is -0.343. The summed E-state index contributed by atoms with van der Waals surface area (Å²) in [5.41, 5.74) is -0.685. The Labute approximate surface area is 94.9 Å². The quantitative estimate of drug-likeness (QED) is 0.574. The Bertz CT molecular complexity index is 264. The van der Waals surface area contributed by atoms with Crippen LogP contribution in [0.2, 0.25) is 19.6 Å². The van der Waals surface area contributed by atoms with Gasteiger partial charge in [0.05, 0.1) is 13.7 Å². The molecule has 2 heteroatoms. The summed E-state index contributed by atoms with van der Waals surface area (Å²) in [6.07, 6.45) is 5.99. The molecule has 1 saturated carbocycles. The fourth-order valence-electron chi connectivity index (χ4n) is 2.42. The lowest BCUT2D eigenvalue weighted by Gasteiger charge is -2.42. The van der Waals surface area contributed by atoms with E-state index in [0.29, 0.717) is 0 Å². The Kier molecular flexibility index (Phi) is 3.62. The fourth-order valence-corrected chi connectivity index (χ4v) is 3.86. The summed E-state index contributed by atoms with van der Waals surface area (Å²) < 4.78 is 0. The Morgan fingerprint density at radius 1 is 1.40 bits per heavy atom. The molecule has 0 aromatic heterocycles. The van der Waals surface area contributed by atoms with E-state index in [1.54, 1.807) is 6.08 Å². The van der Waals surface area contributed by atoms with Gasteiger partial charge >= 0.3 is 0 Å². The molecule has 0 saturated heterocycles. The van der Waals surface area contributed by atoms with Crippen molar-refractivity contribution in [2.75, 3.05) is 0 Å². The van der Waals surface area contributed by atoms with Crippen LogP contribution in [-0.2, 0) is 0 Å². The largest absolute Gasteiger partial charge is 0.385 e. The minimum atomic E-state index is -1.36. The maximum atomic E-state index is 10.5. The van der Waals surface area contributed by atoms with Crippen LogP contribution in [0, 0.1) is 5.92 Å². The topological polar surface area (TPSA) is 20.2 Å². The molecule has 0 amide bonds. The van der Waals surface area contributed by atoms with Crippen LogP contribution < -0.4 is 0 Å². The highest BCUT2D eigenvalue weighted by molar-refractivity contribution is 6.83. The second-order valence-corrected chi connectivity index (χ2v) is 10.9. The molecule has 0 heterocycles. The first kappa shape index (κ1) is 12.7. The first-order valence-electron chi connectivity index (χ1n) is 5.86. The van der Waals surface area contributed by atoms with Crippen molar-refractivity contribution in [3.63, 3.8) is 0 Å². The van der Waals surface area contributed by atoms with Gasteiger partial charge in [0.15, 0.2) is 0 Å². The molecule has 86 valence electrons. The van der Waals surface area contributed by atoms with E-state index in [-0.39, 0.29) is 5.92 Å². The molecule has 0 aromatic carbocycles. The third kappa shape index (κ3) is 2.61. The number of hydrogen-bond donors (Lipinski definition) is 1. The molecule has 15 heavy (non-hydrogen) atoms. The first-order chi connectivity index (χ1) is 6.81. The summed E-state index contributed by atoms with van der Waals surface area (Å²) in [5.74, 6) is 0.246. The first-order valence-corrected chi connectivity index (χ1v) is 9.36. The molecule has 0 spiro atoms. The standard InChI is InChI=1S/C13H24OSi/c1-6-13(14)10-8-7-9-12(13)11(2)15(3,4)5/h6,12,14H,1-2,7-10H2,3-5H3/t12-,13+/m1/s1. The van der Waals surface area contributed by atoms with E-state index in [1.165, 1.54) is 11.6 Å². The monoisotopic (exact) mass is 224 g/mol. The van der Waals surface area contributed by atoms with Gasteiger partial charge in [-0.15, -0.1) is 13.2 Å². The number of hydrogen-bond acceptors (Lipinski definition) is 1. The van der Waals surface area contributed by atoms with Gasteiger partial charge in [0.1, 0.15) is 0 Å².